The van der Waals surface area contributed by atoms with Gasteiger partial charge in [-0.05, 0) is 31.9 Å². The first kappa shape index (κ1) is 15.6. The number of benzene rings is 1. The Morgan fingerprint density at radius 1 is 1.42 bits per heavy atom. The molecule has 0 aromatic heterocycles. The van der Waals surface area contributed by atoms with Crippen molar-refractivity contribution in [2.45, 2.75) is 38.1 Å². The summed E-state index contributed by atoms with van der Waals surface area (Å²) in [6.07, 6.45) is 0. The Morgan fingerprint density at radius 3 is 2.47 bits per heavy atom. The molecule has 0 saturated heterocycles. The summed E-state index contributed by atoms with van der Waals surface area (Å²) in [4.78, 5) is 12.9. The monoisotopic (exact) mass is 276 g/mol. The first-order chi connectivity index (χ1) is 8.87. The van der Waals surface area contributed by atoms with Gasteiger partial charge in [0.25, 0.3) is 0 Å². The van der Waals surface area contributed by atoms with Gasteiger partial charge in [0.15, 0.2) is 0 Å². The molecule has 1 amide bonds. The molecule has 0 saturated carbocycles. The van der Waals surface area contributed by atoms with Crippen LogP contribution >= 0.6 is 11.8 Å². The molecule has 3 nitrogen and oxygen atoms in total. The van der Waals surface area contributed by atoms with Gasteiger partial charge in [-0.3, -0.25) is 4.79 Å². The van der Waals surface area contributed by atoms with E-state index in [-0.39, 0.29) is 11.8 Å². The smallest absolute Gasteiger partial charge is 0.231 e. The van der Waals surface area contributed by atoms with Crippen LogP contribution in [0.5, 0.6) is 0 Å². The molecule has 0 spiro atoms. The lowest BCUT2D eigenvalue weighted by molar-refractivity contribution is -0.120. The van der Waals surface area contributed by atoms with Crippen LogP contribution in [0.3, 0.4) is 0 Å². The van der Waals surface area contributed by atoms with E-state index in [2.05, 4.69) is 11.4 Å². The van der Waals surface area contributed by atoms with E-state index in [1.807, 2.05) is 45.0 Å². The molecule has 0 bridgehead atoms. The Morgan fingerprint density at radius 2 is 2.00 bits per heavy atom. The molecule has 1 unspecified atom stereocenters. The summed E-state index contributed by atoms with van der Waals surface area (Å²) in [6.45, 7) is 7.64. The number of thioether (sulfide) groups is 1. The Bertz CT molecular complexity index is 476. The maximum absolute atomic E-state index is 11.9. The lowest BCUT2D eigenvalue weighted by Crippen LogP contribution is -2.49. The highest BCUT2D eigenvalue weighted by atomic mass is 32.2. The summed E-state index contributed by atoms with van der Waals surface area (Å²) < 4.78 is 0. The summed E-state index contributed by atoms with van der Waals surface area (Å²) in [7, 11) is 0. The fourth-order valence-electron chi connectivity index (χ4n) is 1.41. The minimum atomic E-state index is -0.801. The van der Waals surface area contributed by atoms with Crippen molar-refractivity contribution in [3.63, 3.8) is 0 Å². The van der Waals surface area contributed by atoms with Crippen molar-refractivity contribution in [2.75, 3.05) is 5.75 Å². The number of rotatable bonds is 5. The third-order valence-electron chi connectivity index (χ3n) is 3.18. The van der Waals surface area contributed by atoms with Crippen LogP contribution in [0.2, 0.25) is 0 Å². The second-order valence-corrected chi connectivity index (χ2v) is 6.17. The maximum atomic E-state index is 11.9. The molecule has 0 heterocycles. The highest BCUT2D eigenvalue weighted by Crippen LogP contribution is 2.19. The summed E-state index contributed by atoms with van der Waals surface area (Å²) in [5, 5.41) is 12.0. The number of amides is 1. The van der Waals surface area contributed by atoms with Crippen LogP contribution in [0.15, 0.2) is 29.2 Å². The molecule has 1 aromatic rings. The SMILES string of the molecule is Cc1ccc(SCC(=O)NC(C)(C#N)C(C)C)cc1. The van der Waals surface area contributed by atoms with Crippen molar-refractivity contribution >= 4 is 17.7 Å². The zero-order valence-electron chi connectivity index (χ0n) is 11.9. The topological polar surface area (TPSA) is 52.9 Å². The van der Waals surface area contributed by atoms with Crippen LogP contribution in [-0.2, 0) is 4.79 Å². The summed E-state index contributed by atoms with van der Waals surface area (Å²) in [5.41, 5.74) is 0.399. The second-order valence-electron chi connectivity index (χ2n) is 5.12. The van der Waals surface area contributed by atoms with Gasteiger partial charge in [0.05, 0.1) is 11.8 Å². The zero-order chi connectivity index (χ0) is 14.5. The molecule has 0 aliphatic rings. The van der Waals surface area contributed by atoms with Crippen molar-refractivity contribution in [3.05, 3.63) is 29.8 Å². The number of nitrogens with one attached hydrogen (secondary N) is 1. The molecule has 0 radical (unpaired) electrons. The molecule has 1 atom stereocenters. The lowest BCUT2D eigenvalue weighted by atomic mass is 9.90. The quantitative estimate of drug-likeness (QED) is 0.841. The molecule has 102 valence electrons. The molecule has 0 aliphatic heterocycles. The first-order valence-corrected chi connectivity index (χ1v) is 7.27. The van der Waals surface area contributed by atoms with E-state index in [0.29, 0.717) is 5.75 Å². The molecular formula is C15H20N2OS. The Kier molecular flexibility index (Phi) is 5.44. The number of aryl methyl sites for hydroxylation is 1. The molecular weight excluding hydrogens is 256 g/mol. The maximum Gasteiger partial charge on any atom is 0.231 e. The van der Waals surface area contributed by atoms with Gasteiger partial charge in [-0.2, -0.15) is 5.26 Å². The molecule has 1 aromatic carbocycles. The van der Waals surface area contributed by atoms with Crippen LogP contribution in [0.25, 0.3) is 0 Å². The fraction of sp³-hybridized carbons (Fsp3) is 0.467. The number of hydrogen-bond donors (Lipinski definition) is 1. The number of nitrogens with zero attached hydrogens (tertiary/aromatic N) is 1. The molecule has 0 fully saturated rings. The normalized spacial score (nSPS) is 13.7. The van der Waals surface area contributed by atoms with Crippen molar-refractivity contribution in [3.8, 4) is 6.07 Å². The molecule has 4 heteroatoms. The molecule has 0 aliphatic carbocycles. The highest BCUT2D eigenvalue weighted by Gasteiger charge is 2.29. The van der Waals surface area contributed by atoms with Crippen molar-refractivity contribution in [2.24, 2.45) is 5.92 Å². The Hall–Kier alpha value is -1.47. The number of nitriles is 1. The van der Waals surface area contributed by atoms with Crippen molar-refractivity contribution in [1.82, 2.24) is 5.32 Å². The predicted octanol–water partition coefficient (Wildman–Crippen LogP) is 3.14. The third kappa shape index (κ3) is 4.60. The Balaban J connectivity index is 2.53. The van der Waals surface area contributed by atoms with Gasteiger partial charge in [0.2, 0.25) is 5.91 Å². The molecule has 19 heavy (non-hydrogen) atoms. The van der Waals surface area contributed by atoms with E-state index in [1.165, 1.54) is 17.3 Å². The van der Waals surface area contributed by atoms with Crippen LogP contribution in [-0.4, -0.2) is 17.2 Å². The van der Waals surface area contributed by atoms with Gasteiger partial charge in [0.1, 0.15) is 5.54 Å². The highest BCUT2D eigenvalue weighted by molar-refractivity contribution is 8.00. The zero-order valence-corrected chi connectivity index (χ0v) is 12.7. The fourth-order valence-corrected chi connectivity index (χ4v) is 2.11. The van der Waals surface area contributed by atoms with Gasteiger partial charge in [-0.25, -0.2) is 0 Å². The van der Waals surface area contributed by atoms with Crippen molar-refractivity contribution < 1.29 is 4.79 Å². The standard InChI is InChI=1S/C15H20N2OS/c1-11(2)15(4,10-16)17-14(18)9-19-13-7-5-12(3)6-8-13/h5-8,11H,9H2,1-4H3,(H,17,18). The van der Waals surface area contributed by atoms with E-state index in [1.54, 1.807) is 6.92 Å². The number of carbonyl (C=O) groups excluding carboxylic acids is 1. The van der Waals surface area contributed by atoms with E-state index in [9.17, 15) is 4.79 Å². The molecule has 1 N–H and O–H groups in total. The average molecular weight is 276 g/mol. The van der Waals surface area contributed by atoms with Gasteiger partial charge < -0.3 is 5.32 Å². The van der Waals surface area contributed by atoms with E-state index in [0.717, 1.165) is 4.90 Å². The van der Waals surface area contributed by atoms with Gasteiger partial charge in [0, 0.05) is 4.90 Å². The second kappa shape index (κ2) is 6.63. The van der Waals surface area contributed by atoms with E-state index >= 15 is 0 Å². The van der Waals surface area contributed by atoms with Crippen molar-refractivity contribution in [1.29, 1.82) is 5.26 Å². The van der Waals surface area contributed by atoms with E-state index < -0.39 is 5.54 Å². The van der Waals surface area contributed by atoms with Crippen LogP contribution in [0, 0.1) is 24.2 Å². The van der Waals surface area contributed by atoms with Gasteiger partial charge in [-0.1, -0.05) is 31.5 Å². The van der Waals surface area contributed by atoms with Gasteiger partial charge >= 0.3 is 0 Å². The van der Waals surface area contributed by atoms with Crippen LogP contribution in [0.4, 0.5) is 0 Å². The summed E-state index contributed by atoms with van der Waals surface area (Å²) in [5.74, 6) is 0.293. The number of hydrogen-bond acceptors (Lipinski definition) is 3. The third-order valence-corrected chi connectivity index (χ3v) is 4.19. The Labute approximate surface area is 119 Å². The van der Waals surface area contributed by atoms with Crippen LogP contribution < -0.4 is 5.32 Å². The van der Waals surface area contributed by atoms with Gasteiger partial charge in [-0.15, -0.1) is 11.8 Å². The summed E-state index contributed by atoms with van der Waals surface area (Å²) in [6, 6.07) is 10.2. The van der Waals surface area contributed by atoms with E-state index in [4.69, 9.17) is 5.26 Å². The minimum Gasteiger partial charge on any atom is -0.337 e. The summed E-state index contributed by atoms with van der Waals surface area (Å²) >= 11 is 1.48. The first-order valence-electron chi connectivity index (χ1n) is 6.29. The minimum absolute atomic E-state index is 0.0748. The lowest BCUT2D eigenvalue weighted by Gasteiger charge is -2.27. The predicted molar refractivity (Wildman–Crippen MR) is 78.9 cm³/mol. The largest absolute Gasteiger partial charge is 0.337 e. The van der Waals surface area contributed by atoms with Crippen LogP contribution in [0.1, 0.15) is 26.3 Å². The molecule has 1 rings (SSSR count). The number of carbonyl (C=O) groups is 1. The average Bonchev–Trinajstić information content (AvgIpc) is 2.37.